The molecule has 0 fully saturated rings. The summed E-state index contributed by atoms with van der Waals surface area (Å²) >= 11 is 0. The van der Waals surface area contributed by atoms with Crippen LogP contribution in [0.3, 0.4) is 0 Å². The number of rotatable bonds is 3. The predicted octanol–water partition coefficient (Wildman–Crippen LogP) is 2.24. The minimum Gasteiger partial charge on any atom is -0.370 e. The molecule has 0 saturated carbocycles. The maximum atomic E-state index is 7.16. The molecule has 0 aliphatic carbocycles. The summed E-state index contributed by atoms with van der Waals surface area (Å²) in [5.74, 6) is 0.736. The minimum atomic E-state index is 0.736. The molecule has 0 bridgehead atoms. The fraction of sp³-hybridized carbons (Fsp3) is 0.500. The number of nitrogens with zero attached hydrogens (tertiary/aromatic N) is 2. The van der Waals surface area contributed by atoms with Crippen molar-refractivity contribution in [3.8, 4) is 0 Å². The van der Waals surface area contributed by atoms with Gasteiger partial charge in [-0.1, -0.05) is 13.8 Å². The first-order chi connectivity index (χ1) is 6.79. The summed E-state index contributed by atoms with van der Waals surface area (Å²) < 4.78 is 0. The van der Waals surface area contributed by atoms with E-state index in [1.54, 1.807) is 0 Å². The highest BCUT2D eigenvalue weighted by atomic mass is 15.0. The smallest absolute Gasteiger partial charge is 0.138 e. The molecule has 0 radical (unpaired) electrons. The van der Waals surface area contributed by atoms with Gasteiger partial charge in [-0.3, -0.25) is 0 Å². The Morgan fingerprint density at radius 1 is 1.43 bits per heavy atom. The van der Waals surface area contributed by atoms with Gasteiger partial charge in [-0.15, -0.1) is 0 Å². The first-order valence-corrected chi connectivity index (χ1v) is 4.85. The lowest BCUT2D eigenvalue weighted by Gasteiger charge is -2.06. The van der Waals surface area contributed by atoms with Crippen LogP contribution in [0.2, 0.25) is 0 Å². The molecule has 0 saturated heterocycles. The quantitative estimate of drug-likeness (QED) is 0.725. The van der Waals surface area contributed by atoms with Crippen molar-refractivity contribution in [3.63, 3.8) is 0 Å². The number of aromatic nitrogens is 2. The van der Waals surface area contributed by atoms with Crippen molar-refractivity contribution < 1.29 is 0 Å². The Morgan fingerprint density at radius 3 is 2.57 bits per heavy atom. The van der Waals surface area contributed by atoms with Gasteiger partial charge in [-0.25, -0.2) is 9.97 Å². The Kier molecular flexibility index (Phi) is 6.28. The van der Waals surface area contributed by atoms with E-state index >= 15 is 0 Å². The van der Waals surface area contributed by atoms with Gasteiger partial charge in [-0.2, -0.15) is 0 Å². The Labute approximate surface area is 85.3 Å². The van der Waals surface area contributed by atoms with Gasteiger partial charge in [0.2, 0.25) is 0 Å². The molecular weight excluding hydrogens is 176 g/mol. The van der Waals surface area contributed by atoms with Gasteiger partial charge in [-0.05, 0) is 13.8 Å². The molecule has 0 spiro atoms. The maximum Gasteiger partial charge on any atom is 0.138 e. The molecule has 1 heterocycles. The Hall–Kier alpha value is -1.45. The van der Waals surface area contributed by atoms with Crippen LogP contribution in [0.4, 0.5) is 5.82 Å². The second kappa shape index (κ2) is 7.00. The first kappa shape index (κ1) is 12.6. The van der Waals surface area contributed by atoms with E-state index in [4.69, 9.17) is 5.41 Å². The SMILES string of the molecule is CC.CCNc1ncnc(C)c1C=N. The maximum absolute atomic E-state index is 7.16. The van der Waals surface area contributed by atoms with Gasteiger partial charge in [0.15, 0.2) is 0 Å². The summed E-state index contributed by atoms with van der Waals surface area (Å²) in [7, 11) is 0. The van der Waals surface area contributed by atoms with Gasteiger partial charge >= 0.3 is 0 Å². The zero-order valence-corrected chi connectivity index (χ0v) is 9.26. The monoisotopic (exact) mass is 194 g/mol. The highest BCUT2D eigenvalue weighted by molar-refractivity contribution is 5.85. The van der Waals surface area contributed by atoms with Crippen molar-refractivity contribution in [2.75, 3.05) is 11.9 Å². The van der Waals surface area contributed by atoms with Gasteiger partial charge in [0.1, 0.15) is 12.1 Å². The molecule has 4 nitrogen and oxygen atoms in total. The summed E-state index contributed by atoms with van der Waals surface area (Å²) in [4.78, 5) is 8.02. The number of anilines is 1. The van der Waals surface area contributed by atoms with Crippen LogP contribution in [0.1, 0.15) is 32.0 Å². The van der Waals surface area contributed by atoms with Crippen molar-refractivity contribution in [3.05, 3.63) is 17.6 Å². The lowest BCUT2D eigenvalue weighted by Crippen LogP contribution is -2.05. The van der Waals surface area contributed by atoms with Crippen LogP contribution in [0.15, 0.2) is 6.33 Å². The van der Waals surface area contributed by atoms with Crippen LogP contribution in [0.25, 0.3) is 0 Å². The molecule has 1 aromatic rings. The van der Waals surface area contributed by atoms with Crippen molar-refractivity contribution in [2.24, 2.45) is 0 Å². The molecule has 0 atom stereocenters. The molecule has 14 heavy (non-hydrogen) atoms. The summed E-state index contributed by atoms with van der Waals surface area (Å²) in [6.45, 7) is 8.66. The highest BCUT2D eigenvalue weighted by Crippen LogP contribution is 2.10. The minimum absolute atomic E-state index is 0.736. The van der Waals surface area contributed by atoms with Gasteiger partial charge in [0.05, 0.1) is 11.3 Å². The van der Waals surface area contributed by atoms with E-state index in [-0.39, 0.29) is 0 Å². The third-order valence-electron chi connectivity index (χ3n) is 1.57. The molecule has 0 aliphatic rings. The van der Waals surface area contributed by atoms with Crippen molar-refractivity contribution in [1.82, 2.24) is 9.97 Å². The van der Waals surface area contributed by atoms with E-state index in [1.807, 2.05) is 27.7 Å². The molecule has 1 aromatic heterocycles. The predicted molar refractivity (Wildman–Crippen MR) is 60.2 cm³/mol. The molecular formula is C10H18N4. The zero-order chi connectivity index (χ0) is 11.0. The lowest BCUT2D eigenvalue weighted by molar-refractivity contribution is 1.06. The number of hydrogen-bond acceptors (Lipinski definition) is 4. The van der Waals surface area contributed by atoms with E-state index in [1.165, 1.54) is 12.5 Å². The molecule has 0 unspecified atom stereocenters. The van der Waals surface area contributed by atoms with Crippen LogP contribution >= 0.6 is 0 Å². The third-order valence-corrected chi connectivity index (χ3v) is 1.57. The normalized spacial score (nSPS) is 8.57. The number of aryl methyl sites for hydroxylation is 1. The first-order valence-electron chi connectivity index (χ1n) is 4.85. The van der Waals surface area contributed by atoms with E-state index in [0.29, 0.717) is 0 Å². The number of nitrogens with one attached hydrogen (secondary N) is 2. The van der Waals surface area contributed by atoms with Crippen LogP contribution in [0, 0.1) is 12.3 Å². The third kappa shape index (κ3) is 3.12. The topological polar surface area (TPSA) is 61.7 Å². The van der Waals surface area contributed by atoms with Crippen molar-refractivity contribution >= 4 is 12.0 Å². The van der Waals surface area contributed by atoms with E-state index in [2.05, 4.69) is 15.3 Å². The van der Waals surface area contributed by atoms with Gasteiger partial charge in [0, 0.05) is 12.8 Å². The second-order valence-corrected chi connectivity index (χ2v) is 2.40. The van der Waals surface area contributed by atoms with E-state index < -0.39 is 0 Å². The van der Waals surface area contributed by atoms with Crippen LogP contribution in [0.5, 0.6) is 0 Å². The van der Waals surface area contributed by atoms with Gasteiger partial charge < -0.3 is 10.7 Å². The van der Waals surface area contributed by atoms with Crippen LogP contribution in [-0.2, 0) is 0 Å². The Balaban J connectivity index is 0.000000791. The van der Waals surface area contributed by atoms with Crippen LogP contribution < -0.4 is 5.32 Å². The molecule has 0 aromatic carbocycles. The lowest BCUT2D eigenvalue weighted by atomic mass is 10.2. The van der Waals surface area contributed by atoms with Crippen molar-refractivity contribution in [2.45, 2.75) is 27.7 Å². The Morgan fingerprint density at radius 2 is 2.07 bits per heavy atom. The average molecular weight is 194 g/mol. The van der Waals surface area contributed by atoms with E-state index in [9.17, 15) is 0 Å². The Bertz CT molecular complexity index is 283. The molecule has 2 N–H and O–H groups in total. The highest BCUT2D eigenvalue weighted by Gasteiger charge is 2.03. The molecule has 0 aliphatic heterocycles. The molecule has 0 amide bonds. The average Bonchev–Trinajstić information content (AvgIpc) is 2.22. The largest absolute Gasteiger partial charge is 0.370 e. The van der Waals surface area contributed by atoms with E-state index in [0.717, 1.165) is 23.6 Å². The summed E-state index contributed by atoms with van der Waals surface area (Å²) in [6.07, 6.45) is 2.77. The summed E-state index contributed by atoms with van der Waals surface area (Å²) in [6, 6.07) is 0. The molecule has 78 valence electrons. The number of hydrogen-bond donors (Lipinski definition) is 2. The second-order valence-electron chi connectivity index (χ2n) is 2.40. The summed E-state index contributed by atoms with van der Waals surface area (Å²) in [5, 5.41) is 10.2. The van der Waals surface area contributed by atoms with Crippen molar-refractivity contribution in [1.29, 1.82) is 5.41 Å². The fourth-order valence-corrected chi connectivity index (χ4v) is 0.965. The van der Waals surface area contributed by atoms with Crippen LogP contribution in [-0.4, -0.2) is 22.7 Å². The standard InChI is InChI=1S/C8H12N4.C2H6/c1-3-10-8-7(4-9)6(2)11-5-12-8;1-2/h4-5,9H,3H2,1-2H3,(H,10,11,12);1-2H3. The van der Waals surface area contributed by atoms with Gasteiger partial charge in [0.25, 0.3) is 0 Å². The molecule has 1 rings (SSSR count). The fourth-order valence-electron chi connectivity index (χ4n) is 0.965. The summed E-state index contributed by atoms with van der Waals surface area (Å²) in [5.41, 5.74) is 1.59. The molecule has 4 heteroatoms. The zero-order valence-electron chi connectivity index (χ0n) is 9.26.